The summed E-state index contributed by atoms with van der Waals surface area (Å²) in [5, 5.41) is 5.32. The van der Waals surface area contributed by atoms with Crippen molar-refractivity contribution in [3.05, 3.63) is 62.5 Å². The quantitative estimate of drug-likeness (QED) is 0.634. The highest BCUT2D eigenvalue weighted by atomic mass is 32.1. The fraction of sp³-hybridized carbons (Fsp3) is 0.450. The molecule has 0 spiro atoms. The topological polar surface area (TPSA) is 50.5 Å². The van der Waals surface area contributed by atoms with Gasteiger partial charge in [0.2, 0.25) is 4.96 Å². The van der Waals surface area contributed by atoms with Gasteiger partial charge in [-0.05, 0) is 30.5 Å². The lowest BCUT2D eigenvalue weighted by Gasteiger charge is -2.16. The first kappa shape index (κ1) is 18.7. The third-order valence-electron chi connectivity index (χ3n) is 4.33. The van der Waals surface area contributed by atoms with Gasteiger partial charge in [-0.3, -0.25) is 9.69 Å². The maximum Gasteiger partial charge on any atom is 0.275 e. The number of hydrogen-bond donors (Lipinski definition) is 0. The molecule has 138 valence electrons. The van der Waals surface area contributed by atoms with Crippen LogP contribution in [0, 0.1) is 0 Å². The Labute approximate surface area is 158 Å². The van der Waals surface area contributed by atoms with Crippen LogP contribution in [0.4, 0.5) is 0 Å². The molecular formula is C20H26N4OS. The molecule has 0 unspecified atom stereocenters. The Morgan fingerprint density at radius 2 is 1.92 bits per heavy atom. The lowest BCUT2D eigenvalue weighted by atomic mass is 10.0. The van der Waals surface area contributed by atoms with Crippen LogP contribution in [0.3, 0.4) is 0 Å². The first-order valence-electron chi connectivity index (χ1n) is 9.12. The van der Waals surface area contributed by atoms with Crippen LogP contribution in [-0.2, 0) is 19.5 Å². The van der Waals surface area contributed by atoms with Crippen molar-refractivity contribution in [3.63, 3.8) is 0 Å². The Bertz CT molecular complexity index is 927. The van der Waals surface area contributed by atoms with E-state index >= 15 is 0 Å². The standard InChI is InChI=1S/C20H26N4OS/c1-5-6-18-22-24-19(25)11-17(21-20(24)26-18)13-23(4)12-15-7-9-16(10-8-15)14(2)3/h7-11,14H,5-6,12-13H2,1-4H3. The Kier molecular flexibility index (Phi) is 5.84. The van der Waals surface area contributed by atoms with Gasteiger partial charge in [0, 0.05) is 25.6 Å². The SMILES string of the molecule is CCCc1nn2c(=O)cc(CN(C)Cc3ccc(C(C)C)cc3)nc2s1. The van der Waals surface area contributed by atoms with E-state index in [9.17, 15) is 4.79 Å². The van der Waals surface area contributed by atoms with Gasteiger partial charge >= 0.3 is 0 Å². The fourth-order valence-electron chi connectivity index (χ4n) is 2.94. The van der Waals surface area contributed by atoms with E-state index in [0.717, 1.165) is 30.1 Å². The molecule has 3 aromatic rings. The molecular weight excluding hydrogens is 344 g/mol. The third-order valence-corrected chi connectivity index (χ3v) is 5.30. The summed E-state index contributed by atoms with van der Waals surface area (Å²) in [6.45, 7) is 7.97. The van der Waals surface area contributed by atoms with Crippen LogP contribution in [0.25, 0.3) is 4.96 Å². The summed E-state index contributed by atoms with van der Waals surface area (Å²) in [5.41, 5.74) is 3.31. The summed E-state index contributed by atoms with van der Waals surface area (Å²) in [6, 6.07) is 10.3. The molecule has 3 rings (SSSR count). The molecule has 0 radical (unpaired) electrons. The third kappa shape index (κ3) is 4.37. The number of aryl methyl sites for hydroxylation is 1. The lowest BCUT2D eigenvalue weighted by Crippen LogP contribution is -2.21. The van der Waals surface area contributed by atoms with Gasteiger partial charge in [0.1, 0.15) is 5.01 Å². The molecule has 1 aromatic carbocycles. The monoisotopic (exact) mass is 370 g/mol. The van der Waals surface area contributed by atoms with E-state index in [1.807, 2.05) is 0 Å². The summed E-state index contributed by atoms with van der Waals surface area (Å²) >= 11 is 1.51. The van der Waals surface area contributed by atoms with Crippen molar-refractivity contribution in [3.8, 4) is 0 Å². The number of rotatable bonds is 7. The van der Waals surface area contributed by atoms with Gasteiger partial charge in [0.25, 0.3) is 5.56 Å². The highest BCUT2D eigenvalue weighted by Gasteiger charge is 2.10. The van der Waals surface area contributed by atoms with Crippen molar-refractivity contribution < 1.29 is 0 Å². The minimum atomic E-state index is -0.0988. The highest BCUT2D eigenvalue weighted by Crippen LogP contribution is 2.16. The normalized spacial score (nSPS) is 11.8. The highest BCUT2D eigenvalue weighted by molar-refractivity contribution is 7.16. The van der Waals surface area contributed by atoms with E-state index < -0.39 is 0 Å². The number of aromatic nitrogens is 3. The smallest absolute Gasteiger partial charge is 0.275 e. The summed E-state index contributed by atoms with van der Waals surface area (Å²) in [6.07, 6.45) is 1.90. The second-order valence-electron chi connectivity index (χ2n) is 7.09. The first-order chi connectivity index (χ1) is 12.5. The van der Waals surface area contributed by atoms with E-state index in [1.54, 1.807) is 6.07 Å². The van der Waals surface area contributed by atoms with Crippen molar-refractivity contribution in [1.29, 1.82) is 0 Å². The van der Waals surface area contributed by atoms with Crippen LogP contribution in [0.1, 0.15) is 54.9 Å². The molecule has 0 atom stereocenters. The van der Waals surface area contributed by atoms with Crippen molar-refractivity contribution in [2.24, 2.45) is 0 Å². The molecule has 0 aliphatic rings. The van der Waals surface area contributed by atoms with Crippen molar-refractivity contribution in [2.45, 2.75) is 52.6 Å². The molecule has 0 amide bonds. The predicted octanol–water partition coefficient (Wildman–Crippen LogP) is 3.86. The minimum absolute atomic E-state index is 0.0988. The van der Waals surface area contributed by atoms with Crippen LogP contribution < -0.4 is 5.56 Å². The van der Waals surface area contributed by atoms with Gasteiger partial charge in [-0.2, -0.15) is 9.61 Å². The Hall–Kier alpha value is -2.05. The fourth-order valence-corrected chi connectivity index (χ4v) is 3.96. The van der Waals surface area contributed by atoms with Gasteiger partial charge in [-0.15, -0.1) is 0 Å². The maximum atomic E-state index is 12.3. The number of hydrogen-bond acceptors (Lipinski definition) is 5. The number of nitrogens with zero attached hydrogens (tertiary/aromatic N) is 4. The van der Waals surface area contributed by atoms with Crippen LogP contribution in [-0.4, -0.2) is 26.5 Å². The van der Waals surface area contributed by atoms with Crippen molar-refractivity contribution in [2.75, 3.05) is 7.05 Å². The average molecular weight is 371 g/mol. The second-order valence-corrected chi connectivity index (χ2v) is 8.13. The van der Waals surface area contributed by atoms with E-state index in [0.29, 0.717) is 17.4 Å². The van der Waals surface area contributed by atoms with Crippen LogP contribution in [0.2, 0.25) is 0 Å². The molecule has 5 nitrogen and oxygen atoms in total. The van der Waals surface area contributed by atoms with Crippen molar-refractivity contribution >= 4 is 16.3 Å². The lowest BCUT2D eigenvalue weighted by molar-refractivity contribution is 0.315. The van der Waals surface area contributed by atoms with Gasteiger partial charge in [-0.25, -0.2) is 4.98 Å². The van der Waals surface area contributed by atoms with Crippen LogP contribution >= 0.6 is 11.3 Å². The van der Waals surface area contributed by atoms with Gasteiger partial charge < -0.3 is 0 Å². The molecule has 6 heteroatoms. The first-order valence-corrected chi connectivity index (χ1v) is 9.94. The molecule has 0 saturated carbocycles. The van der Waals surface area contributed by atoms with Gasteiger partial charge in [0.15, 0.2) is 0 Å². The molecule has 0 N–H and O–H groups in total. The molecule has 0 aliphatic heterocycles. The summed E-state index contributed by atoms with van der Waals surface area (Å²) in [5.74, 6) is 0.544. The number of fused-ring (bicyclic) bond motifs is 1. The predicted molar refractivity (Wildman–Crippen MR) is 107 cm³/mol. The zero-order valence-corrected chi connectivity index (χ0v) is 16.7. The zero-order valence-electron chi connectivity index (χ0n) is 15.9. The van der Waals surface area contributed by atoms with E-state index in [2.05, 4.69) is 67.1 Å². The Morgan fingerprint density at radius 1 is 1.19 bits per heavy atom. The average Bonchev–Trinajstić information content (AvgIpc) is 2.98. The molecule has 0 fully saturated rings. The molecule has 0 aliphatic carbocycles. The van der Waals surface area contributed by atoms with Gasteiger partial charge in [0.05, 0.1) is 5.69 Å². The van der Waals surface area contributed by atoms with Crippen LogP contribution in [0.5, 0.6) is 0 Å². The van der Waals surface area contributed by atoms with Crippen LogP contribution in [0.15, 0.2) is 35.1 Å². The maximum absolute atomic E-state index is 12.3. The largest absolute Gasteiger partial charge is 0.296 e. The Balaban J connectivity index is 1.72. The summed E-state index contributed by atoms with van der Waals surface area (Å²) < 4.78 is 1.42. The second kappa shape index (κ2) is 8.10. The Morgan fingerprint density at radius 3 is 2.58 bits per heavy atom. The molecule has 0 bridgehead atoms. The van der Waals surface area contributed by atoms with E-state index in [4.69, 9.17) is 0 Å². The minimum Gasteiger partial charge on any atom is -0.296 e. The van der Waals surface area contributed by atoms with Gasteiger partial charge in [-0.1, -0.05) is 56.4 Å². The zero-order chi connectivity index (χ0) is 18.7. The molecule has 2 heterocycles. The van der Waals surface area contributed by atoms with Crippen molar-refractivity contribution in [1.82, 2.24) is 19.5 Å². The summed E-state index contributed by atoms with van der Waals surface area (Å²) in [4.78, 5) is 19.8. The molecule has 2 aromatic heterocycles. The number of benzene rings is 1. The van der Waals surface area contributed by atoms with E-state index in [-0.39, 0.29) is 5.56 Å². The molecule has 0 saturated heterocycles. The molecule has 26 heavy (non-hydrogen) atoms. The van der Waals surface area contributed by atoms with E-state index in [1.165, 1.54) is 27.0 Å². The summed E-state index contributed by atoms with van der Waals surface area (Å²) in [7, 11) is 2.05.